The molecule has 0 radical (unpaired) electrons. The zero-order valence-corrected chi connectivity index (χ0v) is 10.4. The molecule has 0 bridgehead atoms. The highest BCUT2D eigenvalue weighted by Crippen LogP contribution is 2.04. The lowest BCUT2D eigenvalue weighted by atomic mass is 10.1. The van der Waals surface area contributed by atoms with Crippen molar-refractivity contribution in [3.8, 4) is 6.07 Å². The van der Waals surface area contributed by atoms with Gasteiger partial charge >= 0.3 is 0 Å². The molecule has 3 heteroatoms. The molecule has 0 spiro atoms. The molecule has 0 fully saturated rings. The first-order chi connectivity index (χ1) is 7.26. The summed E-state index contributed by atoms with van der Waals surface area (Å²) < 4.78 is 0. The Morgan fingerprint density at radius 3 is 2.60 bits per heavy atom. The molecule has 1 rings (SSSR count). The number of hydrogen-bond acceptors (Lipinski definition) is 2. The highest BCUT2D eigenvalue weighted by atomic mass is 79.9. The molecule has 0 saturated heterocycles. The second-order valence-corrected chi connectivity index (χ2v) is 4.23. The first-order valence-corrected chi connectivity index (χ1v) is 6.10. The molecule has 1 aromatic carbocycles. The fourth-order valence-electron chi connectivity index (χ4n) is 1.26. The van der Waals surface area contributed by atoms with Crippen LogP contribution in [-0.4, -0.2) is 11.4 Å². The summed E-state index contributed by atoms with van der Waals surface area (Å²) in [5, 5.41) is 12.7. The smallest absolute Gasteiger partial charge is 0.0638 e. The Morgan fingerprint density at radius 2 is 2.07 bits per heavy atom. The maximum atomic E-state index is 8.59. The number of nitriles is 1. The summed E-state index contributed by atoms with van der Waals surface area (Å²) in [5.41, 5.74) is 2.53. The van der Waals surface area contributed by atoms with Crippen molar-refractivity contribution in [3.63, 3.8) is 0 Å². The first-order valence-electron chi connectivity index (χ1n) is 4.98. The maximum absolute atomic E-state index is 8.59. The van der Waals surface area contributed by atoms with E-state index in [0.717, 1.165) is 11.9 Å². The van der Waals surface area contributed by atoms with E-state index in [4.69, 9.17) is 5.26 Å². The van der Waals surface area contributed by atoms with Gasteiger partial charge in [0.25, 0.3) is 0 Å². The van der Waals surface area contributed by atoms with Gasteiger partial charge in [-0.25, -0.2) is 0 Å². The Kier molecular flexibility index (Phi) is 5.38. The van der Waals surface area contributed by atoms with Gasteiger partial charge < -0.3 is 5.32 Å². The largest absolute Gasteiger partial charge is 0.308 e. The molecule has 0 heterocycles. The van der Waals surface area contributed by atoms with E-state index in [-0.39, 0.29) is 6.04 Å². The molecule has 0 aliphatic carbocycles. The van der Waals surface area contributed by atoms with Crippen LogP contribution in [0.1, 0.15) is 17.5 Å². The summed E-state index contributed by atoms with van der Waals surface area (Å²) in [7, 11) is 0. The summed E-state index contributed by atoms with van der Waals surface area (Å²) in [4.78, 5) is 0. The van der Waals surface area contributed by atoms with Crippen molar-refractivity contribution in [3.05, 3.63) is 35.4 Å². The van der Waals surface area contributed by atoms with Gasteiger partial charge in [-0.2, -0.15) is 5.26 Å². The number of alkyl halides is 1. The van der Waals surface area contributed by atoms with E-state index in [1.54, 1.807) is 0 Å². The van der Waals surface area contributed by atoms with Crippen LogP contribution in [0.25, 0.3) is 0 Å². The van der Waals surface area contributed by atoms with Crippen LogP contribution in [0.2, 0.25) is 0 Å². The number of rotatable bonds is 5. The average Bonchev–Trinajstić information content (AvgIpc) is 2.26. The van der Waals surface area contributed by atoms with Crippen molar-refractivity contribution in [2.24, 2.45) is 0 Å². The van der Waals surface area contributed by atoms with Gasteiger partial charge in [-0.1, -0.05) is 45.8 Å². The third kappa shape index (κ3) is 4.46. The zero-order chi connectivity index (χ0) is 11.1. The van der Waals surface area contributed by atoms with Gasteiger partial charge in [0.15, 0.2) is 0 Å². The summed E-state index contributed by atoms with van der Waals surface area (Å²) in [5.74, 6) is 0. The van der Waals surface area contributed by atoms with Crippen molar-refractivity contribution in [2.45, 2.75) is 25.9 Å². The molecular formula is C12H15BrN2. The molecule has 1 unspecified atom stereocenters. The predicted molar refractivity (Wildman–Crippen MR) is 65.8 cm³/mol. The Hall–Kier alpha value is -0.850. The van der Waals surface area contributed by atoms with Crippen molar-refractivity contribution >= 4 is 15.9 Å². The van der Waals surface area contributed by atoms with E-state index < -0.39 is 0 Å². The average molecular weight is 267 g/mol. The van der Waals surface area contributed by atoms with Gasteiger partial charge in [-0.3, -0.25) is 0 Å². The highest BCUT2D eigenvalue weighted by Gasteiger charge is 2.04. The molecule has 0 saturated carbocycles. The van der Waals surface area contributed by atoms with Crippen molar-refractivity contribution in [1.29, 1.82) is 5.26 Å². The SMILES string of the molecule is Cc1ccc(CNC(CBr)CC#N)cc1. The third-order valence-corrected chi connectivity index (χ3v) is 3.02. The van der Waals surface area contributed by atoms with Crippen LogP contribution in [0.5, 0.6) is 0 Å². The molecule has 0 aromatic heterocycles. The van der Waals surface area contributed by atoms with Gasteiger partial charge in [0.05, 0.1) is 12.5 Å². The maximum Gasteiger partial charge on any atom is 0.0638 e. The normalized spacial score (nSPS) is 12.1. The van der Waals surface area contributed by atoms with Gasteiger partial charge in [-0.05, 0) is 12.5 Å². The Bertz CT molecular complexity index is 326. The molecule has 0 aliphatic rings. The number of nitrogens with zero attached hydrogens (tertiary/aromatic N) is 1. The summed E-state index contributed by atoms with van der Waals surface area (Å²) in [6.07, 6.45) is 0.539. The lowest BCUT2D eigenvalue weighted by Crippen LogP contribution is -2.29. The van der Waals surface area contributed by atoms with Crippen LogP contribution < -0.4 is 5.32 Å². The number of hydrogen-bond donors (Lipinski definition) is 1. The predicted octanol–water partition coefficient (Wildman–Crippen LogP) is 2.76. The van der Waals surface area contributed by atoms with Gasteiger partial charge in [0, 0.05) is 17.9 Å². The van der Waals surface area contributed by atoms with E-state index in [1.807, 2.05) is 0 Å². The number of aryl methyl sites for hydroxylation is 1. The van der Waals surface area contributed by atoms with E-state index in [9.17, 15) is 0 Å². The van der Waals surface area contributed by atoms with Crippen LogP contribution in [-0.2, 0) is 6.54 Å². The summed E-state index contributed by atoms with van der Waals surface area (Å²) in [6, 6.07) is 10.8. The molecule has 1 atom stereocenters. The fourth-order valence-corrected chi connectivity index (χ4v) is 1.72. The fraction of sp³-hybridized carbons (Fsp3) is 0.417. The molecular weight excluding hydrogens is 252 g/mol. The van der Waals surface area contributed by atoms with Crippen molar-refractivity contribution in [2.75, 3.05) is 5.33 Å². The van der Waals surface area contributed by atoms with Crippen molar-refractivity contribution in [1.82, 2.24) is 5.32 Å². The zero-order valence-electron chi connectivity index (χ0n) is 8.83. The molecule has 15 heavy (non-hydrogen) atoms. The lowest BCUT2D eigenvalue weighted by molar-refractivity contribution is 0.567. The minimum absolute atomic E-state index is 0.233. The first kappa shape index (κ1) is 12.2. The van der Waals surface area contributed by atoms with Crippen LogP contribution in [0.15, 0.2) is 24.3 Å². The minimum Gasteiger partial charge on any atom is -0.308 e. The molecule has 1 N–H and O–H groups in total. The Labute approximate surface area is 99.4 Å². The lowest BCUT2D eigenvalue weighted by Gasteiger charge is -2.12. The Balaban J connectivity index is 2.42. The van der Waals surface area contributed by atoms with Crippen LogP contribution >= 0.6 is 15.9 Å². The van der Waals surface area contributed by atoms with E-state index >= 15 is 0 Å². The number of halogens is 1. The summed E-state index contributed by atoms with van der Waals surface area (Å²) >= 11 is 3.39. The molecule has 2 nitrogen and oxygen atoms in total. The summed E-state index contributed by atoms with van der Waals surface area (Å²) in [6.45, 7) is 2.90. The minimum atomic E-state index is 0.233. The molecule has 80 valence electrons. The standard InChI is InChI=1S/C12H15BrN2/c1-10-2-4-11(5-3-10)9-15-12(8-13)6-7-14/h2-5,12,15H,6,8-9H2,1H3. The van der Waals surface area contributed by atoms with E-state index in [1.165, 1.54) is 11.1 Å². The quantitative estimate of drug-likeness (QED) is 0.833. The van der Waals surface area contributed by atoms with Crippen LogP contribution in [0, 0.1) is 18.3 Å². The van der Waals surface area contributed by atoms with Gasteiger partial charge in [0.2, 0.25) is 0 Å². The third-order valence-electron chi connectivity index (χ3n) is 2.24. The number of nitrogens with one attached hydrogen (secondary N) is 1. The second-order valence-electron chi connectivity index (χ2n) is 3.58. The Morgan fingerprint density at radius 1 is 1.40 bits per heavy atom. The number of benzene rings is 1. The van der Waals surface area contributed by atoms with Gasteiger partial charge in [-0.15, -0.1) is 0 Å². The van der Waals surface area contributed by atoms with E-state index in [0.29, 0.717) is 6.42 Å². The second kappa shape index (κ2) is 6.60. The topological polar surface area (TPSA) is 35.8 Å². The molecule has 0 aliphatic heterocycles. The highest BCUT2D eigenvalue weighted by molar-refractivity contribution is 9.09. The van der Waals surface area contributed by atoms with E-state index in [2.05, 4.69) is 58.5 Å². The van der Waals surface area contributed by atoms with Crippen molar-refractivity contribution < 1.29 is 0 Å². The molecule has 0 amide bonds. The van der Waals surface area contributed by atoms with Crippen LogP contribution in [0.4, 0.5) is 0 Å². The van der Waals surface area contributed by atoms with Crippen LogP contribution in [0.3, 0.4) is 0 Å². The van der Waals surface area contributed by atoms with Gasteiger partial charge in [0.1, 0.15) is 0 Å². The monoisotopic (exact) mass is 266 g/mol. The molecule has 1 aromatic rings.